The van der Waals surface area contributed by atoms with E-state index in [2.05, 4.69) is 0 Å². The molecule has 1 aromatic rings. The summed E-state index contributed by atoms with van der Waals surface area (Å²) in [5.41, 5.74) is 6.65. The number of likely N-dealkylation sites (tertiary alicyclic amines) is 1. The van der Waals surface area contributed by atoms with Crippen molar-refractivity contribution in [1.82, 2.24) is 9.80 Å². The Morgan fingerprint density at radius 2 is 1.96 bits per heavy atom. The number of rotatable bonds is 7. The topological polar surface area (TPSA) is 75.9 Å². The molecule has 146 valence electrons. The van der Waals surface area contributed by atoms with Crippen LogP contribution < -0.4 is 10.5 Å². The fourth-order valence-corrected chi connectivity index (χ4v) is 3.14. The largest absolute Gasteiger partial charge is 0.497 e. The molecule has 2 amide bonds. The molecule has 2 rings (SSSR count). The van der Waals surface area contributed by atoms with E-state index in [0.29, 0.717) is 26.2 Å². The van der Waals surface area contributed by atoms with Crippen molar-refractivity contribution in [2.45, 2.75) is 26.8 Å². The maximum absolute atomic E-state index is 12.7. The minimum Gasteiger partial charge on any atom is -0.497 e. The van der Waals surface area contributed by atoms with Crippen molar-refractivity contribution in [3.05, 3.63) is 29.8 Å². The summed E-state index contributed by atoms with van der Waals surface area (Å²) >= 11 is 0. The van der Waals surface area contributed by atoms with Crippen LogP contribution in [-0.2, 0) is 16.1 Å². The van der Waals surface area contributed by atoms with Crippen molar-refractivity contribution in [2.75, 3.05) is 33.8 Å². The Morgan fingerprint density at radius 1 is 1.35 bits per heavy atom. The van der Waals surface area contributed by atoms with Crippen molar-refractivity contribution >= 4 is 24.2 Å². The van der Waals surface area contributed by atoms with Crippen LogP contribution >= 0.6 is 12.4 Å². The first kappa shape index (κ1) is 22.3. The van der Waals surface area contributed by atoms with Crippen LogP contribution in [0, 0.1) is 11.3 Å². The molecule has 1 fully saturated rings. The van der Waals surface area contributed by atoms with Gasteiger partial charge in [-0.25, -0.2) is 0 Å². The fourth-order valence-electron chi connectivity index (χ4n) is 3.14. The molecule has 0 radical (unpaired) electrons. The molecule has 1 unspecified atom stereocenters. The van der Waals surface area contributed by atoms with Crippen LogP contribution in [0.25, 0.3) is 0 Å². The number of amides is 2. The Hall–Kier alpha value is -1.79. The highest BCUT2D eigenvalue weighted by molar-refractivity contribution is 5.89. The van der Waals surface area contributed by atoms with Crippen LogP contribution in [0.3, 0.4) is 0 Å². The molecule has 1 aromatic carbocycles. The highest BCUT2D eigenvalue weighted by atomic mass is 35.5. The molecule has 2 N–H and O–H groups in total. The van der Waals surface area contributed by atoms with Gasteiger partial charge in [-0.05, 0) is 29.7 Å². The number of ether oxygens (including phenoxy) is 1. The Balaban J connectivity index is 0.00000338. The first-order valence-corrected chi connectivity index (χ1v) is 8.61. The molecule has 26 heavy (non-hydrogen) atoms. The summed E-state index contributed by atoms with van der Waals surface area (Å²) in [6.07, 6.45) is 0.280. The van der Waals surface area contributed by atoms with Crippen LogP contribution in [0.5, 0.6) is 5.75 Å². The number of benzene rings is 1. The molecule has 1 heterocycles. The Labute approximate surface area is 162 Å². The number of nitrogens with two attached hydrogens (primary N) is 1. The maximum Gasteiger partial charge on any atom is 0.227 e. The summed E-state index contributed by atoms with van der Waals surface area (Å²) in [6, 6.07) is 7.64. The van der Waals surface area contributed by atoms with Crippen LogP contribution in [0.4, 0.5) is 0 Å². The number of nitrogens with zero attached hydrogens (tertiary/aromatic N) is 2. The Bertz CT molecular complexity index is 619. The fraction of sp³-hybridized carbons (Fsp3) is 0.579. The molecule has 6 nitrogen and oxygen atoms in total. The van der Waals surface area contributed by atoms with Gasteiger partial charge in [0.05, 0.1) is 13.0 Å². The summed E-state index contributed by atoms with van der Waals surface area (Å²) in [6.45, 7) is 6.16. The van der Waals surface area contributed by atoms with Crippen molar-refractivity contribution in [3.8, 4) is 5.75 Å². The highest BCUT2D eigenvalue weighted by Crippen LogP contribution is 2.24. The number of carbonyl (C=O) groups is 2. The molecular weight excluding hydrogens is 354 g/mol. The first-order valence-electron chi connectivity index (χ1n) is 8.61. The lowest BCUT2D eigenvalue weighted by atomic mass is 9.92. The van der Waals surface area contributed by atoms with Crippen molar-refractivity contribution in [2.24, 2.45) is 17.1 Å². The predicted octanol–water partition coefficient (Wildman–Crippen LogP) is 1.91. The van der Waals surface area contributed by atoms with Gasteiger partial charge < -0.3 is 20.3 Å². The standard InChI is InChI=1S/C19H29N3O3.ClH/c1-19(2,12-20)13-21(3)18(24)15-9-17(23)22(11-15)10-14-5-7-16(25-4)8-6-14;/h5-8,15H,9-13,20H2,1-4H3;1H. The zero-order chi connectivity index (χ0) is 18.6. The summed E-state index contributed by atoms with van der Waals surface area (Å²) in [5, 5.41) is 0. The van der Waals surface area contributed by atoms with E-state index in [1.807, 2.05) is 38.1 Å². The van der Waals surface area contributed by atoms with Gasteiger partial charge in [0, 0.05) is 33.1 Å². The molecular formula is C19H30ClN3O3. The van der Waals surface area contributed by atoms with Gasteiger partial charge in [-0.3, -0.25) is 9.59 Å². The number of methoxy groups -OCH3 is 1. The average Bonchev–Trinajstić information content (AvgIpc) is 2.95. The van der Waals surface area contributed by atoms with Crippen LogP contribution in [0.2, 0.25) is 0 Å². The van der Waals surface area contributed by atoms with E-state index in [4.69, 9.17) is 10.5 Å². The lowest BCUT2D eigenvalue weighted by molar-refractivity contribution is -0.135. The number of carbonyl (C=O) groups excluding carboxylic acids is 2. The van der Waals surface area contributed by atoms with Crippen LogP contribution in [0.15, 0.2) is 24.3 Å². The zero-order valence-corrected chi connectivity index (χ0v) is 16.8. The Kier molecular flexibility index (Phi) is 7.90. The van der Waals surface area contributed by atoms with E-state index in [-0.39, 0.29) is 42.0 Å². The second-order valence-corrected chi connectivity index (χ2v) is 7.59. The summed E-state index contributed by atoms with van der Waals surface area (Å²) in [7, 11) is 3.41. The van der Waals surface area contributed by atoms with E-state index < -0.39 is 0 Å². The molecule has 7 heteroatoms. The molecule has 0 aromatic heterocycles. The quantitative estimate of drug-likeness (QED) is 0.780. The van der Waals surface area contributed by atoms with Gasteiger partial charge in [0.2, 0.25) is 11.8 Å². The monoisotopic (exact) mass is 383 g/mol. The van der Waals surface area contributed by atoms with Crippen molar-refractivity contribution < 1.29 is 14.3 Å². The maximum atomic E-state index is 12.7. The molecule has 1 aliphatic heterocycles. The first-order chi connectivity index (χ1) is 11.8. The minimum absolute atomic E-state index is 0. The Morgan fingerprint density at radius 3 is 2.50 bits per heavy atom. The molecule has 0 spiro atoms. The van der Waals surface area contributed by atoms with E-state index in [1.54, 1.807) is 24.0 Å². The van der Waals surface area contributed by atoms with E-state index in [1.165, 1.54) is 0 Å². The predicted molar refractivity (Wildman–Crippen MR) is 104 cm³/mol. The van der Waals surface area contributed by atoms with Gasteiger partial charge in [0.1, 0.15) is 5.75 Å². The SMILES string of the molecule is COc1ccc(CN2CC(C(=O)N(C)CC(C)(C)CN)CC2=O)cc1.Cl. The number of hydrogen-bond donors (Lipinski definition) is 1. The molecule has 0 saturated carbocycles. The van der Waals surface area contributed by atoms with Crippen LogP contribution in [0.1, 0.15) is 25.8 Å². The summed E-state index contributed by atoms with van der Waals surface area (Å²) < 4.78 is 5.14. The number of halogens is 1. The van der Waals surface area contributed by atoms with Crippen molar-refractivity contribution in [1.29, 1.82) is 0 Å². The lowest BCUT2D eigenvalue weighted by Gasteiger charge is -2.30. The van der Waals surface area contributed by atoms with E-state index in [9.17, 15) is 9.59 Å². The minimum atomic E-state index is -0.274. The molecule has 1 atom stereocenters. The third-order valence-electron chi connectivity index (χ3n) is 4.69. The molecule has 1 saturated heterocycles. The van der Waals surface area contributed by atoms with Gasteiger partial charge in [-0.15, -0.1) is 12.4 Å². The normalized spacial score (nSPS) is 17.0. The summed E-state index contributed by atoms with van der Waals surface area (Å²) in [4.78, 5) is 28.4. The van der Waals surface area contributed by atoms with E-state index >= 15 is 0 Å². The van der Waals surface area contributed by atoms with Gasteiger partial charge in [0.25, 0.3) is 0 Å². The summed E-state index contributed by atoms with van der Waals surface area (Å²) in [5.74, 6) is 0.561. The molecule has 0 bridgehead atoms. The second-order valence-electron chi connectivity index (χ2n) is 7.59. The van der Waals surface area contributed by atoms with Gasteiger partial charge in [-0.2, -0.15) is 0 Å². The smallest absolute Gasteiger partial charge is 0.227 e. The molecule has 1 aliphatic rings. The third-order valence-corrected chi connectivity index (χ3v) is 4.69. The van der Waals surface area contributed by atoms with Crippen LogP contribution in [-0.4, -0.2) is 55.4 Å². The average molecular weight is 384 g/mol. The lowest BCUT2D eigenvalue weighted by Crippen LogP contribution is -2.42. The highest BCUT2D eigenvalue weighted by Gasteiger charge is 2.36. The van der Waals surface area contributed by atoms with Crippen molar-refractivity contribution in [3.63, 3.8) is 0 Å². The number of hydrogen-bond acceptors (Lipinski definition) is 4. The van der Waals surface area contributed by atoms with Gasteiger partial charge in [0.15, 0.2) is 0 Å². The van der Waals surface area contributed by atoms with E-state index in [0.717, 1.165) is 11.3 Å². The second kappa shape index (κ2) is 9.24. The molecule has 0 aliphatic carbocycles. The van der Waals surface area contributed by atoms with Gasteiger partial charge in [-0.1, -0.05) is 26.0 Å². The third kappa shape index (κ3) is 5.61. The van der Waals surface area contributed by atoms with Gasteiger partial charge >= 0.3 is 0 Å². The zero-order valence-electron chi connectivity index (χ0n) is 16.0.